The first-order valence-electron chi connectivity index (χ1n) is 8.14. The second-order valence-electron chi connectivity index (χ2n) is 5.78. The van der Waals surface area contributed by atoms with Gasteiger partial charge in [0, 0.05) is 5.56 Å². The Kier molecular flexibility index (Phi) is 4.10. The van der Waals surface area contributed by atoms with Crippen molar-refractivity contribution in [2.75, 3.05) is 7.11 Å². The minimum Gasteiger partial charge on any atom is -0.497 e. The number of carbonyl (C=O) groups excluding carboxylic acids is 1. The smallest absolute Gasteiger partial charge is 0.269 e. The van der Waals surface area contributed by atoms with E-state index in [0.29, 0.717) is 23.8 Å². The maximum Gasteiger partial charge on any atom is 0.269 e. The third kappa shape index (κ3) is 3.14. The summed E-state index contributed by atoms with van der Waals surface area (Å²) in [5.41, 5.74) is 3.81. The van der Waals surface area contributed by atoms with E-state index in [2.05, 4.69) is 25.5 Å². The van der Waals surface area contributed by atoms with Gasteiger partial charge in [-0.2, -0.15) is 5.10 Å². The number of fused-ring (bicyclic) bond motifs is 1. The van der Waals surface area contributed by atoms with E-state index in [0.717, 1.165) is 22.3 Å². The van der Waals surface area contributed by atoms with Gasteiger partial charge in [-0.3, -0.25) is 9.89 Å². The Balaban J connectivity index is 1.44. The Hall–Kier alpha value is -3.61. The largest absolute Gasteiger partial charge is 0.497 e. The van der Waals surface area contributed by atoms with E-state index in [9.17, 15) is 4.79 Å². The Bertz CT molecular complexity index is 1020. The number of nitrogens with one attached hydrogen (secondary N) is 3. The van der Waals surface area contributed by atoms with Gasteiger partial charge in [0.05, 0.1) is 30.4 Å². The lowest BCUT2D eigenvalue weighted by Crippen LogP contribution is -2.23. The van der Waals surface area contributed by atoms with Crippen LogP contribution in [-0.2, 0) is 6.54 Å². The summed E-state index contributed by atoms with van der Waals surface area (Å²) in [5, 5.41) is 9.81. The van der Waals surface area contributed by atoms with Crippen molar-refractivity contribution in [3.05, 3.63) is 66.1 Å². The number of methoxy groups -OCH3 is 1. The molecule has 0 aliphatic heterocycles. The number of para-hydroxylation sites is 2. The Morgan fingerprint density at radius 1 is 1.15 bits per heavy atom. The molecule has 0 fully saturated rings. The van der Waals surface area contributed by atoms with Crippen LogP contribution in [-0.4, -0.2) is 33.2 Å². The number of ether oxygens (including phenoxy) is 1. The van der Waals surface area contributed by atoms with Crippen molar-refractivity contribution >= 4 is 16.9 Å². The molecule has 7 heteroatoms. The number of aromatic amines is 2. The van der Waals surface area contributed by atoms with Crippen LogP contribution in [0.3, 0.4) is 0 Å². The molecule has 1 amide bonds. The molecule has 3 N–H and O–H groups in total. The van der Waals surface area contributed by atoms with E-state index in [1.54, 1.807) is 13.2 Å². The predicted molar refractivity (Wildman–Crippen MR) is 97.8 cm³/mol. The van der Waals surface area contributed by atoms with Crippen molar-refractivity contribution in [1.82, 2.24) is 25.5 Å². The van der Waals surface area contributed by atoms with Gasteiger partial charge in [-0.15, -0.1) is 0 Å². The van der Waals surface area contributed by atoms with Gasteiger partial charge in [0.2, 0.25) is 0 Å². The number of benzene rings is 2. The van der Waals surface area contributed by atoms with Crippen LogP contribution < -0.4 is 10.1 Å². The highest BCUT2D eigenvalue weighted by atomic mass is 16.5. The molecule has 0 aliphatic carbocycles. The van der Waals surface area contributed by atoms with Gasteiger partial charge < -0.3 is 15.0 Å². The second-order valence-corrected chi connectivity index (χ2v) is 5.78. The zero-order valence-electron chi connectivity index (χ0n) is 14.1. The maximum absolute atomic E-state index is 12.3. The van der Waals surface area contributed by atoms with Crippen LogP contribution in [0.4, 0.5) is 0 Å². The molecule has 26 heavy (non-hydrogen) atoms. The van der Waals surface area contributed by atoms with Crippen molar-refractivity contribution in [1.29, 1.82) is 0 Å². The van der Waals surface area contributed by atoms with E-state index in [-0.39, 0.29) is 5.91 Å². The highest BCUT2D eigenvalue weighted by molar-refractivity contribution is 5.93. The zero-order valence-corrected chi connectivity index (χ0v) is 14.1. The third-order valence-corrected chi connectivity index (χ3v) is 4.06. The van der Waals surface area contributed by atoms with Crippen molar-refractivity contribution in [2.24, 2.45) is 0 Å². The van der Waals surface area contributed by atoms with E-state index in [1.165, 1.54) is 0 Å². The van der Waals surface area contributed by atoms with Gasteiger partial charge in [-0.1, -0.05) is 12.1 Å². The first kappa shape index (κ1) is 15.9. The quantitative estimate of drug-likeness (QED) is 0.517. The number of rotatable bonds is 5. The van der Waals surface area contributed by atoms with Gasteiger partial charge in [0.1, 0.15) is 17.3 Å². The average molecular weight is 347 g/mol. The van der Waals surface area contributed by atoms with Gasteiger partial charge in [-0.05, 0) is 42.5 Å². The van der Waals surface area contributed by atoms with E-state index in [1.807, 2.05) is 48.5 Å². The summed E-state index contributed by atoms with van der Waals surface area (Å²) in [6.07, 6.45) is 0. The van der Waals surface area contributed by atoms with Gasteiger partial charge >= 0.3 is 0 Å². The van der Waals surface area contributed by atoms with Gasteiger partial charge in [-0.25, -0.2) is 4.98 Å². The molecule has 4 aromatic rings. The molecule has 7 nitrogen and oxygen atoms in total. The SMILES string of the molecule is COc1ccc(-c2cc(C(=O)NCc3nc4ccccc4[nH]3)[nH]n2)cc1. The lowest BCUT2D eigenvalue weighted by molar-refractivity contribution is 0.0945. The van der Waals surface area contributed by atoms with Crippen LogP contribution in [0, 0.1) is 0 Å². The topological polar surface area (TPSA) is 95.7 Å². The Morgan fingerprint density at radius 3 is 2.73 bits per heavy atom. The first-order valence-corrected chi connectivity index (χ1v) is 8.14. The summed E-state index contributed by atoms with van der Waals surface area (Å²) in [6, 6.07) is 16.9. The molecule has 130 valence electrons. The van der Waals surface area contributed by atoms with Crippen LogP contribution in [0.2, 0.25) is 0 Å². The highest BCUT2D eigenvalue weighted by Crippen LogP contribution is 2.21. The van der Waals surface area contributed by atoms with Gasteiger partial charge in [0.15, 0.2) is 0 Å². The molecule has 0 radical (unpaired) electrons. The van der Waals surface area contributed by atoms with E-state index >= 15 is 0 Å². The van der Waals surface area contributed by atoms with Crippen LogP contribution in [0.1, 0.15) is 16.3 Å². The van der Waals surface area contributed by atoms with E-state index < -0.39 is 0 Å². The van der Waals surface area contributed by atoms with Crippen molar-refractivity contribution in [2.45, 2.75) is 6.54 Å². The molecule has 0 atom stereocenters. The summed E-state index contributed by atoms with van der Waals surface area (Å²) in [5.74, 6) is 1.24. The van der Waals surface area contributed by atoms with Crippen molar-refractivity contribution in [3.63, 3.8) is 0 Å². The van der Waals surface area contributed by atoms with E-state index in [4.69, 9.17) is 4.74 Å². The van der Waals surface area contributed by atoms with Crippen LogP contribution in [0.25, 0.3) is 22.3 Å². The zero-order chi connectivity index (χ0) is 17.9. The normalized spacial score (nSPS) is 10.8. The molecule has 0 saturated carbocycles. The summed E-state index contributed by atoms with van der Waals surface area (Å²) < 4.78 is 5.14. The number of hydrogen-bond acceptors (Lipinski definition) is 4. The number of aromatic nitrogens is 4. The molecule has 0 saturated heterocycles. The molecule has 0 bridgehead atoms. The second kappa shape index (κ2) is 6.72. The fourth-order valence-electron chi connectivity index (χ4n) is 2.70. The molecule has 2 heterocycles. The summed E-state index contributed by atoms with van der Waals surface area (Å²) >= 11 is 0. The number of H-pyrrole nitrogens is 2. The number of hydrogen-bond donors (Lipinski definition) is 3. The number of nitrogens with zero attached hydrogens (tertiary/aromatic N) is 2. The highest BCUT2D eigenvalue weighted by Gasteiger charge is 2.12. The summed E-state index contributed by atoms with van der Waals surface area (Å²) in [6.45, 7) is 0.310. The number of imidazole rings is 1. The minimum absolute atomic E-state index is 0.238. The molecule has 4 rings (SSSR count). The molecule has 0 aliphatic rings. The standard InChI is InChI=1S/C19H17N5O2/c1-26-13-8-6-12(7-9-13)16-10-17(24-23-16)19(25)20-11-18-21-14-4-2-3-5-15(14)22-18/h2-10H,11H2,1H3,(H,20,25)(H,21,22)(H,23,24). The lowest BCUT2D eigenvalue weighted by atomic mass is 10.1. The Labute approximate surface area is 149 Å². The molecule has 2 aromatic carbocycles. The fraction of sp³-hybridized carbons (Fsp3) is 0.105. The Morgan fingerprint density at radius 2 is 1.96 bits per heavy atom. The molecular formula is C19H17N5O2. The monoisotopic (exact) mass is 347 g/mol. The first-order chi connectivity index (χ1) is 12.7. The molecular weight excluding hydrogens is 330 g/mol. The number of carbonyl (C=O) groups is 1. The van der Waals surface area contributed by atoms with Crippen LogP contribution in [0.15, 0.2) is 54.6 Å². The number of amides is 1. The molecule has 0 unspecified atom stereocenters. The third-order valence-electron chi connectivity index (χ3n) is 4.06. The summed E-state index contributed by atoms with van der Waals surface area (Å²) in [7, 11) is 1.62. The molecule has 2 aromatic heterocycles. The van der Waals surface area contributed by atoms with Crippen LogP contribution >= 0.6 is 0 Å². The fourth-order valence-corrected chi connectivity index (χ4v) is 2.70. The summed E-state index contributed by atoms with van der Waals surface area (Å²) in [4.78, 5) is 20.0. The lowest BCUT2D eigenvalue weighted by Gasteiger charge is -2.00. The maximum atomic E-state index is 12.3. The predicted octanol–water partition coefficient (Wildman–Crippen LogP) is 2.89. The molecule has 0 spiro atoms. The van der Waals surface area contributed by atoms with Crippen molar-refractivity contribution in [3.8, 4) is 17.0 Å². The minimum atomic E-state index is -0.238. The average Bonchev–Trinajstić information content (AvgIpc) is 3.33. The van der Waals surface area contributed by atoms with Crippen molar-refractivity contribution < 1.29 is 9.53 Å². The van der Waals surface area contributed by atoms with Crippen LogP contribution in [0.5, 0.6) is 5.75 Å². The van der Waals surface area contributed by atoms with Gasteiger partial charge in [0.25, 0.3) is 5.91 Å².